The van der Waals surface area contributed by atoms with E-state index in [0.29, 0.717) is 0 Å². The largest absolute Gasteiger partial charge is 0.299 e. The average molecular weight is 164 g/mol. The van der Waals surface area contributed by atoms with E-state index < -0.39 is 0 Å². The van der Waals surface area contributed by atoms with Crippen LogP contribution < -0.4 is 0 Å². The summed E-state index contributed by atoms with van der Waals surface area (Å²) in [6.07, 6.45) is 0.972. The summed E-state index contributed by atoms with van der Waals surface area (Å²) >= 11 is 2.56. The Balaban J connectivity index is 3.32. The van der Waals surface area contributed by atoms with Crippen LogP contribution in [0.5, 0.6) is 0 Å². The molecular formula is C4H4BrO2. The molecule has 0 aliphatic carbocycles. The minimum absolute atomic E-state index is 0.234. The van der Waals surface area contributed by atoms with E-state index in [1.807, 2.05) is 0 Å². The molecule has 0 amide bonds. The molecule has 0 aromatic carbocycles. The van der Waals surface area contributed by atoms with Crippen LogP contribution in [0.3, 0.4) is 0 Å². The molecule has 0 spiro atoms. The molecule has 3 heteroatoms. The van der Waals surface area contributed by atoms with Crippen LogP contribution in [-0.4, -0.2) is 10.5 Å². The third-order valence-electron chi connectivity index (χ3n) is 0.317. The number of halogens is 1. The Morgan fingerprint density at radius 2 is 2.00 bits per heavy atom. The van der Waals surface area contributed by atoms with E-state index in [1.165, 1.54) is 6.92 Å². The molecule has 0 N–H and O–H groups in total. The van der Waals surface area contributed by atoms with Gasteiger partial charge in [0.2, 0.25) is 4.69 Å². The fourth-order valence-corrected chi connectivity index (χ4v) is 0.482. The lowest BCUT2D eigenvalue weighted by Crippen LogP contribution is -1.96. The third kappa shape index (κ3) is 5.82. The first-order chi connectivity index (χ1) is 3.13. The number of ketones is 1. The van der Waals surface area contributed by atoms with Crippen LogP contribution in [0.15, 0.2) is 0 Å². The Morgan fingerprint density at radius 3 is 2.00 bits per heavy atom. The molecule has 39 valence electrons. The van der Waals surface area contributed by atoms with Gasteiger partial charge in [-0.2, -0.15) is 0 Å². The molecule has 0 bridgehead atoms. The molecular weight excluding hydrogens is 160 g/mol. The molecule has 0 aliphatic rings. The first kappa shape index (κ1) is 6.82. The van der Waals surface area contributed by atoms with Crippen molar-refractivity contribution in [2.24, 2.45) is 0 Å². The van der Waals surface area contributed by atoms with E-state index in [1.54, 1.807) is 0 Å². The second-order valence-electron chi connectivity index (χ2n) is 1.06. The lowest BCUT2D eigenvalue weighted by atomic mass is 10.3. The van der Waals surface area contributed by atoms with E-state index in [2.05, 4.69) is 15.9 Å². The molecule has 1 radical (unpaired) electrons. The predicted molar refractivity (Wildman–Crippen MR) is 28.9 cm³/mol. The highest BCUT2D eigenvalue weighted by atomic mass is 79.9. The lowest BCUT2D eigenvalue weighted by Gasteiger charge is -1.78. The molecule has 0 saturated carbocycles. The van der Waals surface area contributed by atoms with Gasteiger partial charge in [-0.3, -0.25) is 9.59 Å². The first-order valence-corrected chi connectivity index (χ1v) is 2.47. The zero-order chi connectivity index (χ0) is 5.86. The summed E-state index contributed by atoms with van der Waals surface area (Å²) in [4.78, 5) is 19.8. The monoisotopic (exact) mass is 163 g/mol. The fraction of sp³-hybridized carbons (Fsp3) is 0.250. The van der Waals surface area contributed by atoms with Gasteiger partial charge in [-0.25, -0.2) is 0 Å². The average Bonchev–Trinajstić information content (AvgIpc) is 1.27. The fourth-order valence-electron chi connectivity index (χ4n) is 0.160. The van der Waals surface area contributed by atoms with Gasteiger partial charge in [-0.05, 0) is 22.9 Å². The normalized spacial score (nSPS) is 8.29. The van der Waals surface area contributed by atoms with Crippen LogP contribution >= 0.6 is 15.9 Å². The molecule has 0 heterocycles. The summed E-state index contributed by atoms with van der Waals surface area (Å²) in [5.74, 6) is -0.234. The summed E-state index contributed by atoms with van der Waals surface area (Å²) in [7, 11) is 0. The van der Waals surface area contributed by atoms with Gasteiger partial charge >= 0.3 is 0 Å². The standard InChI is InChI=1S/C4H4BrO2/c1-3(6)2-4(5)7/h2H,1H3. The van der Waals surface area contributed by atoms with E-state index in [9.17, 15) is 9.59 Å². The SMILES string of the molecule is CC(=O)[CH]C(=O)Br. The van der Waals surface area contributed by atoms with Crippen molar-refractivity contribution in [2.75, 3.05) is 0 Å². The lowest BCUT2D eigenvalue weighted by molar-refractivity contribution is -0.117. The van der Waals surface area contributed by atoms with Gasteiger partial charge in [-0.15, -0.1) is 0 Å². The summed E-state index contributed by atoms with van der Waals surface area (Å²) in [5.41, 5.74) is 0. The summed E-state index contributed by atoms with van der Waals surface area (Å²) in [6.45, 7) is 1.32. The zero-order valence-corrected chi connectivity index (χ0v) is 5.36. The van der Waals surface area contributed by atoms with Crippen molar-refractivity contribution in [1.29, 1.82) is 0 Å². The molecule has 0 aromatic heterocycles. The molecule has 0 aliphatic heterocycles. The van der Waals surface area contributed by atoms with Gasteiger partial charge in [0.1, 0.15) is 12.2 Å². The number of hydrogen-bond donors (Lipinski definition) is 0. The van der Waals surface area contributed by atoms with Gasteiger partial charge in [-0.1, -0.05) is 0 Å². The van der Waals surface area contributed by atoms with E-state index in [-0.39, 0.29) is 10.5 Å². The highest BCUT2D eigenvalue weighted by Gasteiger charge is 1.98. The van der Waals surface area contributed by atoms with Crippen LogP contribution in [0.25, 0.3) is 0 Å². The van der Waals surface area contributed by atoms with E-state index in [0.717, 1.165) is 6.42 Å². The van der Waals surface area contributed by atoms with Crippen LogP contribution in [0.1, 0.15) is 6.92 Å². The number of hydrogen-bond acceptors (Lipinski definition) is 2. The minimum Gasteiger partial charge on any atom is -0.299 e. The van der Waals surface area contributed by atoms with Crippen molar-refractivity contribution < 1.29 is 9.59 Å². The second-order valence-corrected chi connectivity index (χ2v) is 1.84. The Morgan fingerprint density at radius 1 is 1.57 bits per heavy atom. The van der Waals surface area contributed by atoms with Crippen molar-refractivity contribution in [3.8, 4) is 0 Å². The third-order valence-corrected chi connectivity index (χ3v) is 0.546. The topological polar surface area (TPSA) is 34.1 Å². The van der Waals surface area contributed by atoms with Crippen molar-refractivity contribution in [3.05, 3.63) is 6.42 Å². The Hall–Kier alpha value is -0.180. The van der Waals surface area contributed by atoms with Crippen LogP contribution in [0, 0.1) is 6.42 Å². The van der Waals surface area contributed by atoms with Gasteiger partial charge in [0.05, 0.1) is 0 Å². The minimum atomic E-state index is -0.375. The highest BCUT2D eigenvalue weighted by molar-refractivity contribution is 9.18. The molecule has 0 aromatic rings. The Kier molecular flexibility index (Phi) is 2.83. The molecule has 0 saturated heterocycles. The molecule has 7 heavy (non-hydrogen) atoms. The van der Waals surface area contributed by atoms with E-state index >= 15 is 0 Å². The Labute approximate surface area is 50.0 Å². The summed E-state index contributed by atoms with van der Waals surface area (Å²) in [6, 6.07) is 0. The van der Waals surface area contributed by atoms with E-state index in [4.69, 9.17) is 0 Å². The van der Waals surface area contributed by atoms with Crippen LogP contribution in [0.4, 0.5) is 0 Å². The quantitative estimate of drug-likeness (QED) is 0.444. The molecule has 2 nitrogen and oxygen atoms in total. The second kappa shape index (κ2) is 2.91. The molecule has 0 unspecified atom stereocenters. The molecule has 0 fully saturated rings. The number of carbonyl (C=O) groups is 2. The van der Waals surface area contributed by atoms with Crippen molar-refractivity contribution in [2.45, 2.75) is 6.92 Å². The first-order valence-electron chi connectivity index (χ1n) is 1.67. The number of rotatable bonds is 2. The van der Waals surface area contributed by atoms with Crippen molar-refractivity contribution in [3.63, 3.8) is 0 Å². The zero-order valence-electron chi connectivity index (χ0n) is 3.77. The maximum Gasteiger partial charge on any atom is 0.209 e. The van der Waals surface area contributed by atoms with Gasteiger partial charge in [0, 0.05) is 0 Å². The number of Topliss-reactive ketones (excluding diaryl/α,β-unsaturated/α-hetero) is 1. The van der Waals surface area contributed by atoms with Crippen molar-refractivity contribution in [1.82, 2.24) is 0 Å². The highest BCUT2D eigenvalue weighted by Crippen LogP contribution is 1.88. The smallest absolute Gasteiger partial charge is 0.209 e. The van der Waals surface area contributed by atoms with Crippen LogP contribution in [0.2, 0.25) is 0 Å². The molecule has 0 rings (SSSR count). The maximum absolute atomic E-state index is 9.95. The van der Waals surface area contributed by atoms with Gasteiger partial charge in [0.25, 0.3) is 0 Å². The van der Waals surface area contributed by atoms with Crippen molar-refractivity contribution >= 4 is 26.4 Å². The Bertz CT molecular complexity index is 85.9. The predicted octanol–water partition coefficient (Wildman–Crippen LogP) is 0.701. The maximum atomic E-state index is 9.95. The van der Waals surface area contributed by atoms with Gasteiger partial charge < -0.3 is 0 Å². The summed E-state index contributed by atoms with van der Waals surface area (Å²) < 4.78 is -0.375. The van der Waals surface area contributed by atoms with Crippen LogP contribution in [-0.2, 0) is 9.59 Å². The summed E-state index contributed by atoms with van der Waals surface area (Å²) in [5, 5.41) is 0. The number of carbonyl (C=O) groups excluding carboxylic acids is 2. The molecule has 0 atom stereocenters. The van der Waals surface area contributed by atoms with Gasteiger partial charge in [0.15, 0.2) is 0 Å².